The molecule has 114 valence electrons. The predicted octanol–water partition coefficient (Wildman–Crippen LogP) is 1.05. The highest BCUT2D eigenvalue weighted by Gasteiger charge is 2.47. The third-order valence-corrected chi connectivity index (χ3v) is 5.18. The van der Waals surface area contributed by atoms with Gasteiger partial charge in [-0.3, -0.25) is 4.79 Å². The quantitative estimate of drug-likeness (QED) is 0.874. The van der Waals surface area contributed by atoms with Gasteiger partial charge < -0.3 is 15.3 Å². The molecule has 2 heterocycles. The van der Waals surface area contributed by atoms with Gasteiger partial charge >= 0.3 is 0 Å². The van der Waals surface area contributed by atoms with E-state index in [-0.39, 0.29) is 23.8 Å². The van der Waals surface area contributed by atoms with Crippen LogP contribution in [0.3, 0.4) is 0 Å². The first kappa shape index (κ1) is 14.5. The molecule has 0 radical (unpaired) electrons. The van der Waals surface area contributed by atoms with Gasteiger partial charge in [-0.1, -0.05) is 30.3 Å². The van der Waals surface area contributed by atoms with Crippen molar-refractivity contribution in [3.05, 3.63) is 35.9 Å². The Balaban J connectivity index is 1.68. The van der Waals surface area contributed by atoms with Crippen molar-refractivity contribution < 1.29 is 9.90 Å². The molecule has 4 nitrogen and oxygen atoms in total. The maximum Gasteiger partial charge on any atom is 0.227 e. The summed E-state index contributed by atoms with van der Waals surface area (Å²) in [7, 11) is 0. The zero-order chi connectivity index (χ0) is 14.7. The van der Waals surface area contributed by atoms with Crippen molar-refractivity contribution in [2.75, 3.05) is 32.8 Å². The van der Waals surface area contributed by atoms with Gasteiger partial charge in [0.1, 0.15) is 0 Å². The van der Waals surface area contributed by atoms with E-state index in [4.69, 9.17) is 0 Å². The standard InChI is InChI=1S/C17H24N2O2/c20-12-15-11-19(13-17(15)6-8-18-9-7-17)16(21)10-14-4-2-1-3-5-14/h1-5,15,18,20H,6-13H2. The highest BCUT2D eigenvalue weighted by atomic mass is 16.3. The van der Waals surface area contributed by atoms with Crippen molar-refractivity contribution in [2.45, 2.75) is 19.3 Å². The number of likely N-dealkylation sites (tertiary alicyclic amines) is 1. The Morgan fingerprint density at radius 1 is 1.29 bits per heavy atom. The first-order valence-corrected chi connectivity index (χ1v) is 7.87. The van der Waals surface area contributed by atoms with Crippen LogP contribution in [0.1, 0.15) is 18.4 Å². The minimum atomic E-state index is 0.131. The predicted molar refractivity (Wildman–Crippen MR) is 81.8 cm³/mol. The van der Waals surface area contributed by atoms with E-state index < -0.39 is 0 Å². The summed E-state index contributed by atoms with van der Waals surface area (Å²) in [5, 5.41) is 13.1. The number of amides is 1. The molecule has 0 aromatic heterocycles. The lowest BCUT2D eigenvalue weighted by Gasteiger charge is -2.37. The van der Waals surface area contributed by atoms with Gasteiger partial charge in [0.2, 0.25) is 5.91 Å². The number of hydrogen-bond donors (Lipinski definition) is 2. The van der Waals surface area contributed by atoms with Gasteiger partial charge in [0.25, 0.3) is 0 Å². The molecule has 1 aromatic carbocycles. The van der Waals surface area contributed by atoms with Crippen molar-refractivity contribution in [3.8, 4) is 0 Å². The first-order chi connectivity index (χ1) is 10.2. The third-order valence-electron chi connectivity index (χ3n) is 5.18. The number of aliphatic hydroxyl groups excluding tert-OH is 1. The summed E-state index contributed by atoms with van der Waals surface area (Å²) in [6, 6.07) is 9.90. The van der Waals surface area contributed by atoms with Crippen molar-refractivity contribution in [1.82, 2.24) is 10.2 Å². The Morgan fingerprint density at radius 3 is 2.67 bits per heavy atom. The summed E-state index contributed by atoms with van der Waals surface area (Å²) < 4.78 is 0. The molecule has 3 rings (SSSR count). The summed E-state index contributed by atoms with van der Waals surface area (Å²) >= 11 is 0. The maximum atomic E-state index is 12.5. The smallest absolute Gasteiger partial charge is 0.227 e. The zero-order valence-corrected chi connectivity index (χ0v) is 12.4. The van der Waals surface area contributed by atoms with Crippen LogP contribution >= 0.6 is 0 Å². The summed E-state index contributed by atoms with van der Waals surface area (Å²) in [6.07, 6.45) is 2.59. The van der Waals surface area contributed by atoms with Gasteiger partial charge in [-0.15, -0.1) is 0 Å². The molecule has 2 N–H and O–H groups in total. The molecule has 4 heteroatoms. The zero-order valence-electron chi connectivity index (χ0n) is 12.4. The first-order valence-electron chi connectivity index (χ1n) is 7.87. The summed E-state index contributed by atoms with van der Waals surface area (Å²) in [6.45, 7) is 3.71. The van der Waals surface area contributed by atoms with E-state index in [0.29, 0.717) is 13.0 Å². The van der Waals surface area contributed by atoms with E-state index in [1.54, 1.807) is 0 Å². The Kier molecular flexibility index (Phi) is 4.27. The number of aliphatic hydroxyl groups is 1. The minimum absolute atomic E-state index is 0.131. The van der Waals surface area contributed by atoms with Gasteiger partial charge in [0, 0.05) is 25.6 Å². The van der Waals surface area contributed by atoms with E-state index in [1.165, 1.54) is 0 Å². The second kappa shape index (κ2) is 6.16. The molecule has 2 saturated heterocycles. The van der Waals surface area contributed by atoms with Crippen molar-refractivity contribution in [3.63, 3.8) is 0 Å². The molecule has 1 amide bonds. The molecule has 2 aliphatic rings. The van der Waals surface area contributed by atoms with E-state index >= 15 is 0 Å². The monoisotopic (exact) mass is 288 g/mol. The molecular weight excluding hydrogens is 264 g/mol. The van der Waals surface area contributed by atoms with Crippen LogP contribution in [0.25, 0.3) is 0 Å². The number of nitrogens with zero attached hydrogens (tertiary/aromatic N) is 1. The van der Waals surface area contributed by atoms with Gasteiger partial charge in [-0.25, -0.2) is 0 Å². The fourth-order valence-electron chi connectivity index (χ4n) is 3.85. The van der Waals surface area contributed by atoms with E-state index in [0.717, 1.165) is 38.0 Å². The number of carbonyl (C=O) groups is 1. The highest BCUT2D eigenvalue weighted by molar-refractivity contribution is 5.79. The average Bonchev–Trinajstić information content (AvgIpc) is 2.87. The van der Waals surface area contributed by atoms with E-state index in [2.05, 4.69) is 5.32 Å². The van der Waals surface area contributed by atoms with Crippen molar-refractivity contribution in [2.24, 2.45) is 11.3 Å². The van der Waals surface area contributed by atoms with Gasteiger partial charge in [0.05, 0.1) is 6.42 Å². The summed E-state index contributed by atoms with van der Waals surface area (Å²) in [4.78, 5) is 14.5. The second-order valence-corrected chi connectivity index (χ2v) is 6.43. The molecule has 2 fully saturated rings. The fourth-order valence-corrected chi connectivity index (χ4v) is 3.85. The van der Waals surface area contributed by atoms with Crippen LogP contribution in [-0.2, 0) is 11.2 Å². The molecule has 1 spiro atoms. The Labute approximate surface area is 126 Å². The molecule has 2 aliphatic heterocycles. The van der Waals surface area contributed by atoms with Crippen LogP contribution < -0.4 is 5.32 Å². The van der Waals surface area contributed by atoms with Gasteiger partial charge in [-0.2, -0.15) is 0 Å². The number of rotatable bonds is 3. The molecule has 0 aliphatic carbocycles. The summed E-state index contributed by atoms with van der Waals surface area (Å²) in [5.41, 5.74) is 1.20. The Bertz CT molecular complexity index is 483. The van der Waals surface area contributed by atoms with Crippen LogP contribution in [0.2, 0.25) is 0 Å². The molecule has 1 aromatic rings. The van der Waals surface area contributed by atoms with Crippen molar-refractivity contribution >= 4 is 5.91 Å². The SMILES string of the molecule is O=C(Cc1ccccc1)N1CC(CO)C2(CCNCC2)C1. The van der Waals surface area contributed by atoms with Crippen LogP contribution in [0, 0.1) is 11.3 Å². The topological polar surface area (TPSA) is 52.6 Å². The van der Waals surface area contributed by atoms with Crippen LogP contribution in [0.5, 0.6) is 0 Å². The van der Waals surface area contributed by atoms with Crippen LogP contribution in [0.15, 0.2) is 30.3 Å². The lowest BCUT2D eigenvalue weighted by atomic mass is 9.71. The normalized spacial score (nSPS) is 24.4. The Hall–Kier alpha value is -1.39. The van der Waals surface area contributed by atoms with Crippen LogP contribution in [0.4, 0.5) is 0 Å². The Morgan fingerprint density at radius 2 is 2.00 bits per heavy atom. The van der Waals surface area contributed by atoms with Gasteiger partial charge in [-0.05, 0) is 36.9 Å². The molecule has 0 bridgehead atoms. The molecular formula is C17H24N2O2. The van der Waals surface area contributed by atoms with E-state index in [9.17, 15) is 9.90 Å². The van der Waals surface area contributed by atoms with Crippen molar-refractivity contribution in [1.29, 1.82) is 0 Å². The molecule has 1 atom stereocenters. The largest absolute Gasteiger partial charge is 0.396 e. The lowest BCUT2D eigenvalue weighted by molar-refractivity contribution is -0.130. The number of nitrogens with one attached hydrogen (secondary N) is 1. The fraction of sp³-hybridized carbons (Fsp3) is 0.588. The van der Waals surface area contributed by atoms with Gasteiger partial charge in [0.15, 0.2) is 0 Å². The maximum absolute atomic E-state index is 12.5. The lowest BCUT2D eigenvalue weighted by Crippen LogP contribution is -2.43. The average molecular weight is 288 g/mol. The number of piperidine rings is 1. The molecule has 21 heavy (non-hydrogen) atoms. The minimum Gasteiger partial charge on any atom is -0.396 e. The van der Waals surface area contributed by atoms with E-state index in [1.807, 2.05) is 35.2 Å². The number of carbonyl (C=O) groups excluding carboxylic acids is 1. The number of hydrogen-bond acceptors (Lipinski definition) is 3. The third kappa shape index (κ3) is 2.97. The van der Waals surface area contributed by atoms with Crippen LogP contribution in [-0.4, -0.2) is 48.7 Å². The summed E-state index contributed by atoms with van der Waals surface area (Å²) in [5.74, 6) is 0.425. The molecule has 1 unspecified atom stereocenters. The second-order valence-electron chi connectivity index (χ2n) is 6.43. The highest BCUT2D eigenvalue weighted by Crippen LogP contribution is 2.43. The number of benzene rings is 1. The molecule has 0 saturated carbocycles.